The maximum absolute atomic E-state index is 11.6. The largest absolute Gasteiger partial charge is 0.481 e. The highest BCUT2D eigenvalue weighted by molar-refractivity contribution is 7.99. The zero-order valence-electron chi connectivity index (χ0n) is 9.91. The fourth-order valence-electron chi connectivity index (χ4n) is 1.87. The third-order valence-electron chi connectivity index (χ3n) is 3.07. The number of hydrogen-bond acceptors (Lipinski definition) is 3. The van der Waals surface area contributed by atoms with Gasteiger partial charge >= 0.3 is 5.97 Å². The van der Waals surface area contributed by atoms with E-state index in [0.29, 0.717) is 19.4 Å². The predicted molar refractivity (Wildman–Crippen MR) is 69.1 cm³/mol. The van der Waals surface area contributed by atoms with Gasteiger partial charge in [-0.25, -0.2) is 0 Å². The highest BCUT2D eigenvalue weighted by Gasteiger charge is 2.45. The van der Waals surface area contributed by atoms with Crippen LogP contribution in [0.3, 0.4) is 0 Å². The molecule has 0 atom stereocenters. The minimum absolute atomic E-state index is 0.120. The van der Waals surface area contributed by atoms with E-state index in [1.807, 2.05) is 6.08 Å². The first-order chi connectivity index (χ1) is 8.10. The number of hydrogen-bond donors (Lipinski definition) is 2. The first kappa shape index (κ1) is 14.1. The summed E-state index contributed by atoms with van der Waals surface area (Å²) in [7, 11) is 0. The Hall–Kier alpha value is -0.970. The summed E-state index contributed by atoms with van der Waals surface area (Å²) in [5, 5.41) is 11.8. The van der Waals surface area contributed by atoms with Crippen LogP contribution >= 0.6 is 11.8 Å². The van der Waals surface area contributed by atoms with Gasteiger partial charge in [0.25, 0.3) is 0 Å². The molecule has 0 spiro atoms. The molecule has 0 aliphatic heterocycles. The predicted octanol–water partition coefficient (Wildman–Crippen LogP) is 1.67. The molecule has 0 aromatic carbocycles. The highest BCUT2D eigenvalue weighted by Crippen LogP contribution is 2.44. The third-order valence-corrected chi connectivity index (χ3v) is 4.03. The van der Waals surface area contributed by atoms with Crippen molar-refractivity contribution in [3.05, 3.63) is 12.7 Å². The van der Waals surface area contributed by atoms with Crippen LogP contribution in [-0.2, 0) is 9.59 Å². The topological polar surface area (TPSA) is 66.4 Å². The lowest BCUT2D eigenvalue weighted by Crippen LogP contribution is -2.42. The monoisotopic (exact) mass is 257 g/mol. The molecule has 1 aliphatic rings. The second-order valence-electron chi connectivity index (χ2n) is 4.33. The zero-order valence-corrected chi connectivity index (χ0v) is 10.7. The molecule has 0 bridgehead atoms. The first-order valence-corrected chi connectivity index (χ1v) is 6.95. The Balaban J connectivity index is 2.20. The van der Waals surface area contributed by atoms with E-state index in [9.17, 15) is 9.59 Å². The molecule has 0 aromatic rings. The smallest absolute Gasteiger partial charge is 0.310 e. The molecule has 0 radical (unpaired) electrons. The van der Waals surface area contributed by atoms with Gasteiger partial charge in [0.2, 0.25) is 5.91 Å². The van der Waals surface area contributed by atoms with E-state index in [1.165, 1.54) is 0 Å². The number of rotatable bonds is 8. The normalized spacial score (nSPS) is 16.9. The van der Waals surface area contributed by atoms with Crippen molar-refractivity contribution in [2.45, 2.75) is 25.7 Å². The Kier molecular flexibility index (Phi) is 5.55. The summed E-state index contributed by atoms with van der Waals surface area (Å²) in [5.41, 5.74) is -0.779. The van der Waals surface area contributed by atoms with Crippen molar-refractivity contribution in [2.24, 2.45) is 5.41 Å². The van der Waals surface area contributed by atoms with Crippen molar-refractivity contribution in [3.63, 3.8) is 0 Å². The average molecular weight is 257 g/mol. The average Bonchev–Trinajstić information content (AvgIpc) is 2.22. The van der Waals surface area contributed by atoms with Gasteiger partial charge in [0, 0.05) is 24.5 Å². The van der Waals surface area contributed by atoms with Crippen LogP contribution < -0.4 is 5.32 Å². The Morgan fingerprint density at radius 2 is 2.18 bits per heavy atom. The molecule has 4 nitrogen and oxygen atoms in total. The minimum atomic E-state index is -0.833. The zero-order chi connectivity index (χ0) is 12.7. The number of carbonyl (C=O) groups excluding carboxylic acids is 1. The number of aliphatic carboxylic acids is 1. The number of carbonyl (C=O) groups is 2. The molecule has 1 fully saturated rings. The molecular formula is C12H19NO3S. The van der Waals surface area contributed by atoms with Crippen LogP contribution in [0.25, 0.3) is 0 Å². The minimum Gasteiger partial charge on any atom is -0.481 e. The van der Waals surface area contributed by atoms with E-state index in [1.54, 1.807) is 11.8 Å². The second kappa shape index (κ2) is 6.69. The first-order valence-electron chi connectivity index (χ1n) is 5.79. The second-order valence-corrected chi connectivity index (χ2v) is 5.48. The number of thioether (sulfide) groups is 1. The van der Waals surface area contributed by atoms with Gasteiger partial charge in [-0.2, -0.15) is 11.8 Å². The Morgan fingerprint density at radius 1 is 1.47 bits per heavy atom. The summed E-state index contributed by atoms with van der Waals surface area (Å²) >= 11 is 1.69. The van der Waals surface area contributed by atoms with Crippen LogP contribution in [0.15, 0.2) is 12.7 Å². The molecule has 1 amide bonds. The van der Waals surface area contributed by atoms with Crippen molar-refractivity contribution in [1.29, 1.82) is 0 Å². The van der Waals surface area contributed by atoms with Crippen LogP contribution in [0.5, 0.6) is 0 Å². The number of nitrogens with one attached hydrogen (secondary N) is 1. The van der Waals surface area contributed by atoms with Crippen LogP contribution in [0.1, 0.15) is 25.7 Å². The van der Waals surface area contributed by atoms with Crippen molar-refractivity contribution >= 4 is 23.6 Å². The highest BCUT2D eigenvalue weighted by atomic mass is 32.2. The molecule has 2 N–H and O–H groups in total. The number of carboxylic acids is 1. The Bertz CT molecular complexity index is 300. The molecule has 0 aromatic heterocycles. The van der Waals surface area contributed by atoms with Crippen molar-refractivity contribution < 1.29 is 14.7 Å². The molecule has 0 saturated heterocycles. The lowest BCUT2D eigenvalue weighted by Gasteiger charge is -2.36. The molecule has 0 unspecified atom stereocenters. The van der Waals surface area contributed by atoms with Gasteiger partial charge in [-0.15, -0.1) is 6.58 Å². The van der Waals surface area contributed by atoms with Crippen LogP contribution in [0.4, 0.5) is 0 Å². The maximum atomic E-state index is 11.6. The third kappa shape index (κ3) is 4.07. The van der Waals surface area contributed by atoms with Crippen molar-refractivity contribution in [1.82, 2.24) is 5.32 Å². The van der Waals surface area contributed by atoms with Gasteiger partial charge in [-0.1, -0.05) is 12.5 Å². The molecule has 1 saturated carbocycles. The van der Waals surface area contributed by atoms with Crippen molar-refractivity contribution in [3.8, 4) is 0 Å². The maximum Gasteiger partial charge on any atom is 0.310 e. The van der Waals surface area contributed by atoms with E-state index >= 15 is 0 Å². The standard InChI is InChI=1S/C12H19NO3S/c1-2-7-17-8-6-13-10(14)9-12(11(15)16)4-3-5-12/h2H,1,3-9H2,(H,13,14)(H,15,16). The summed E-state index contributed by atoms with van der Waals surface area (Å²) in [4.78, 5) is 22.6. The summed E-state index contributed by atoms with van der Waals surface area (Å²) < 4.78 is 0. The lowest BCUT2D eigenvalue weighted by atomic mass is 9.66. The fourth-order valence-corrected chi connectivity index (χ4v) is 2.45. The Labute approximate surface area is 106 Å². The quantitative estimate of drug-likeness (QED) is 0.513. The van der Waals surface area contributed by atoms with Gasteiger partial charge in [-0.3, -0.25) is 9.59 Å². The fraction of sp³-hybridized carbons (Fsp3) is 0.667. The SMILES string of the molecule is C=CCSCCNC(=O)CC1(C(=O)O)CCC1. The van der Waals surface area contributed by atoms with Crippen LogP contribution in [-0.4, -0.2) is 35.0 Å². The number of amides is 1. The van der Waals surface area contributed by atoms with Gasteiger partial charge in [0.1, 0.15) is 0 Å². The summed E-state index contributed by atoms with van der Waals surface area (Å²) in [6.45, 7) is 4.20. The molecule has 17 heavy (non-hydrogen) atoms. The van der Waals surface area contributed by atoms with E-state index in [2.05, 4.69) is 11.9 Å². The van der Waals surface area contributed by atoms with E-state index in [-0.39, 0.29) is 12.3 Å². The van der Waals surface area contributed by atoms with Gasteiger partial charge < -0.3 is 10.4 Å². The van der Waals surface area contributed by atoms with Gasteiger partial charge in [-0.05, 0) is 12.8 Å². The molecule has 5 heteroatoms. The summed E-state index contributed by atoms with van der Waals surface area (Å²) in [6, 6.07) is 0. The molecule has 1 rings (SSSR count). The summed E-state index contributed by atoms with van der Waals surface area (Å²) in [5.74, 6) is 0.721. The molecular weight excluding hydrogens is 238 g/mol. The lowest BCUT2D eigenvalue weighted by molar-refractivity contribution is -0.157. The molecule has 96 valence electrons. The van der Waals surface area contributed by atoms with Gasteiger partial charge in [0.15, 0.2) is 0 Å². The van der Waals surface area contributed by atoms with Crippen LogP contribution in [0, 0.1) is 5.41 Å². The number of carboxylic acid groups (broad SMARTS) is 1. The van der Waals surface area contributed by atoms with Gasteiger partial charge in [0.05, 0.1) is 5.41 Å². The Morgan fingerprint density at radius 3 is 2.65 bits per heavy atom. The molecule has 1 aliphatic carbocycles. The van der Waals surface area contributed by atoms with E-state index in [0.717, 1.165) is 17.9 Å². The van der Waals surface area contributed by atoms with E-state index < -0.39 is 11.4 Å². The van der Waals surface area contributed by atoms with E-state index in [4.69, 9.17) is 5.11 Å². The van der Waals surface area contributed by atoms with Crippen LogP contribution in [0.2, 0.25) is 0 Å². The molecule has 0 heterocycles. The van der Waals surface area contributed by atoms with Crippen molar-refractivity contribution in [2.75, 3.05) is 18.1 Å². The summed E-state index contributed by atoms with van der Waals surface area (Å²) in [6.07, 6.45) is 4.10.